The average molecular weight is 425 g/mol. The van der Waals surface area contributed by atoms with E-state index in [0.717, 1.165) is 0 Å². The molecule has 0 spiro atoms. The van der Waals surface area contributed by atoms with Gasteiger partial charge in [-0.05, 0) is 56.7 Å². The van der Waals surface area contributed by atoms with Crippen LogP contribution < -0.4 is 0 Å². The molecule has 1 nitrogen and oxygen atoms in total. The third-order valence-electron chi connectivity index (χ3n) is 7.45. The highest BCUT2D eigenvalue weighted by Crippen LogP contribution is 2.62. The molecule has 158 valence electrons. The monoisotopic (exact) mass is 424 g/mol. The van der Waals surface area contributed by atoms with Crippen LogP contribution in [-0.2, 0) is 4.74 Å². The average Bonchev–Trinajstić information content (AvgIpc) is 3.49. The molecule has 4 aromatic carbocycles. The quantitative estimate of drug-likeness (QED) is 0.325. The van der Waals surface area contributed by atoms with Crippen LogP contribution in [0.2, 0.25) is 0 Å². The molecule has 1 aliphatic heterocycles. The molecule has 7 rings (SSSR count). The summed E-state index contributed by atoms with van der Waals surface area (Å²) in [5.41, 5.74) is 10.6. The summed E-state index contributed by atoms with van der Waals surface area (Å²) < 4.78 is 7.01. The second-order valence-corrected chi connectivity index (χ2v) is 9.22. The van der Waals surface area contributed by atoms with E-state index in [1.54, 1.807) is 0 Å². The third kappa shape index (κ3) is 2.90. The van der Waals surface area contributed by atoms with Gasteiger partial charge in [0, 0.05) is 11.8 Å². The standard InChI is InChI=1S/C32H24O/c1-3-11-21(12-4-1)19-27-23-15-7-9-17-25(23)29-30-26-18-10-8-16-24(26)28(32(30)33-31(27)29)20-22-13-5-2-6-14-22/h1-20,29-32H/b27-19-,28-20-/t29-,30-,31-,32+/m1/s1. The molecule has 0 amide bonds. The van der Waals surface area contributed by atoms with Crippen LogP contribution >= 0.6 is 0 Å². The highest BCUT2D eigenvalue weighted by Gasteiger charge is 2.56. The van der Waals surface area contributed by atoms with Crippen LogP contribution in [0.1, 0.15) is 45.2 Å². The fourth-order valence-corrected chi connectivity index (χ4v) is 6.14. The predicted octanol–water partition coefficient (Wildman–Crippen LogP) is 7.43. The summed E-state index contributed by atoms with van der Waals surface area (Å²) in [7, 11) is 0. The van der Waals surface area contributed by atoms with Gasteiger partial charge in [0.25, 0.3) is 0 Å². The molecule has 4 atom stereocenters. The Labute approximate surface area is 194 Å². The zero-order valence-electron chi connectivity index (χ0n) is 18.3. The molecule has 2 aliphatic carbocycles. The summed E-state index contributed by atoms with van der Waals surface area (Å²) in [6.07, 6.45) is 4.81. The van der Waals surface area contributed by atoms with Crippen molar-refractivity contribution in [2.24, 2.45) is 0 Å². The van der Waals surface area contributed by atoms with Gasteiger partial charge in [-0.15, -0.1) is 0 Å². The zero-order chi connectivity index (χ0) is 21.8. The van der Waals surface area contributed by atoms with E-state index in [2.05, 4.69) is 121 Å². The van der Waals surface area contributed by atoms with Crippen molar-refractivity contribution in [1.29, 1.82) is 0 Å². The second kappa shape index (κ2) is 7.43. The molecular weight excluding hydrogens is 400 g/mol. The molecule has 0 bridgehead atoms. The summed E-state index contributed by atoms with van der Waals surface area (Å²) >= 11 is 0. The van der Waals surface area contributed by atoms with Gasteiger partial charge in [0.2, 0.25) is 0 Å². The number of ether oxygens (including phenoxy) is 1. The highest BCUT2D eigenvalue weighted by molar-refractivity contribution is 5.94. The number of rotatable bonds is 2. The van der Waals surface area contributed by atoms with Gasteiger partial charge in [0.1, 0.15) is 0 Å². The van der Waals surface area contributed by atoms with E-state index < -0.39 is 0 Å². The van der Waals surface area contributed by atoms with Crippen molar-refractivity contribution in [3.8, 4) is 0 Å². The Morgan fingerprint density at radius 3 is 1.30 bits per heavy atom. The topological polar surface area (TPSA) is 9.23 Å². The maximum absolute atomic E-state index is 7.01. The molecule has 1 heteroatoms. The lowest BCUT2D eigenvalue weighted by molar-refractivity contribution is 0.110. The van der Waals surface area contributed by atoms with Crippen LogP contribution in [0.5, 0.6) is 0 Å². The van der Waals surface area contributed by atoms with Crippen molar-refractivity contribution < 1.29 is 4.74 Å². The summed E-state index contributed by atoms with van der Waals surface area (Å²) in [4.78, 5) is 0. The Hall–Kier alpha value is -3.68. The lowest BCUT2D eigenvalue weighted by Crippen LogP contribution is -2.12. The van der Waals surface area contributed by atoms with Gasteiger partial charge in [0.05, 0.1) is 12.2 Å². The van der Waals surface area contributed by atoms with Crippen LogP contribution in [0.3, 0.4) is 0 Å². The Bertz CT molecular complexity index is 1290. The fourth-order valence-electron chi connectivity index (χ4n) is 6.14. The Morgan fingerprint density at radius 1 is 0.455 bits per heavy atom. The molecule has 1 saturated heterocycles. The van der Waals surface area contributed by atoms with Gasteiger partial charge in [-0.2, -0.15) is 0 Å². The van der Waals surface area contributed by atoms with Crippen LogP contribution in [-0.4, -0.2) is 12.2 Å². The minimum absolute atomic E-state index is 0.0742. The minimum Gasteiger partial charge on any atom is -0.364 e. The van der Waals surface area contributed by atoms with Gasteiger partial charge in [-0.1, -0.05) is 109 Å². The molecule has 0 radical (unpaired) electrons. The van der Waals surface area contributed by atoms with Crippen molar-refractivity contribution in [2.45, 2.75) is 24.0 Å². The summed E-state index contributed by atoms with van der Waals surface area (Å²) in [5, 5.41) is 0. The maximum Gasteiger partial charge on any atom is 0.0915 e. The van der Waals surface area contributed by atoms with Crippen molar-refractivity contribution in [2.75, 3.05) is 0 Å². The van der Waals surface area contributed by atoms with E-state index >= 15 is 0 Å². The minimum atomic E-state index is 0.0742. The van der Waals surface area contributed by atoms with Crippen LogP contribution in [0.4, 0.5) is 0 Å². The molecule has 0 aromatic heterocycles. The molecule has 33 heavy (non-hydrogen) atoms. The van der Waals surface area contributed by atoms with E-state index in [1.807, 2.05) is 0 Å². The van der Waals surface area contributed by atoms with E-state index in [-0.39, 0.29) is 12.2 Å². The SMILES string of the molecule is C(=C1\c2ccccc2[C@@H]2[C@H]3c4ccccc4/C(=C/c4ccccc4)[C@@H]3O[C@H]12)/c1ccccc1. The normalized spacial score (nSPS) is 26.8. The Balaban J connectivity index is 1.40. The molecule has 4 aromatic rings. The lowest BCUT2D eigenvalue weighted by Gasteiger charge is -2.17. The third-order valence-corrected chi connectivity index (χ3v) is 7.45. The molecule has 0 unspecified atom stereocenters. The van der Waals surface area contributed by atoms with Gasteiger partial charge in [-0.3, -0.25) is 0 Å². The first kappa shape index (κ1) is 18.8. The maximum atomic E-state index is 7.01. The van der Waals surface area contributed by atoms with Gasteiger partial charge < -0.3 is 4.74 Å². The van der Waals surface area contributed by atoms with E-state index in [1.165, 1.54) is 44.5 Å². The van der Waals surface area contributed by atoms with Crippen molar-refractivity contribution in [3.05, 3.63) is 143 Å². The van der Waals surface area contributed by atoms with Crippen molar-refractivity contribution in [3.63, 3.8) is 0 Å². The smallest absolute Gasteiger partial charge is 0.0915 e. The van der Waals surface area contributed by atoms with Crippen molar-refractivity contribution >= 4 is 23.3 Å². The molecule has 3 aliphatic rings. The number of fused-ring (bicyclic) bond motifs is 7. The summed E-state index contributed by atoms with van der Waals surface area (Å²) in [6, 6.07) is 39.1. The molecule has 1 fully saturated rings. The van der Waals surface area contributed by atoms with Crippen LogP contribution in [0.15, 0.2) is 109 Å². The van der Waals surface area contributed by atoms with E-state index in [0.29, 0.717) is 11.8 Å². The second-order valence-electron chi connectivity index (χ2n) is 9.22. The van der Waals surface area contributed by atoms with E-state index in [4.69, 9.17) is 4.74 Å². The van der Waals surface area contributed by atoms with E-state index in [9.17, 15) is 0 Å². The first-order valence-corrected chi connectivity index (χ1v) is 11.8. The summed E-state index contributed by atoms with van der Waals surface area (Å²) in [5.74, 6) is 0.674. The number of benzene rings is 4. The summed E-state index contributed by atoms with van der Waals surface area (Å²) in [6.45, 7) is 0. The highest BCUT2D eigenvalue weighted by atomic mass is 16.5. The van der Waals surface area contributed by atoms with Gasteiger partial charge >= 0.3 is 0 Å². The molecular formula is C32H24O. The fraction of sp³-hybridized carbons (Fsp3) is 0.125. The Kier molecular flexibility index (Phi) is 4.25. The zero-order valence-corrected chi connectivity index (χ0v) is 18.3. The molecule has 0 saturated carbocycles. The van der Waals surface area contributed by atoms with Gasteiger partial charge in [-0.25, -0.2) is 0 Å². The number of hydrogen-bond acceptors (Lipinski definition) is 1. The van der Waals surface area contributed by atoms with Crippen LogP contribution in [0, 0.1) is 0 Å². The lowest BCUT2D eigenvalue weighted by atomic mass is 9.83. The van der Waals surface area contributed by atoms with Crippen molar-refractivity contribution in [1.82, 2.24) is 0 Å². The first-order valence-electron chi connectivity index (χ1n) is 11.8. The largest absolute Gasteiger partial charge is 0.364 e. The Morgan fingerprint density at radius 2 is 0.848 bits per heavy atom. The van der Waals surface area contributed by atoms with Gasteiger partial charge in [0.15, 0.2) is 0 Å². The predicted molar refractivity (Wildman–Crippen MR) is 136 cm³/mol. The van der Waals surface area contributed by atoms with Crippen LogP contribution in [0.25, 0.3) is 23.3 Å². The molecule has 0 N–H and O–H groups in total. The first-order chi connectivity index (χ1) is 16.4. The molecule has 1 heterocycles. The number of hydrogen-bond donors (Lipinski definition) is 0.